The van der Waals surface area contributed by atoms with Gasteiger partial charge >= 0.3 is 11.9 Å². The number of nitrogens with one attached hydrogen (secondary N) is 3. The summed E-state index contributed by atoms with van der Waals surface area (Å²) in [6.45, 7) is 24.6. The highest BCUT2D eigenvalue weighted by Gasteiger charge is 2.60. The minimum Gasteiger partial charge on any atom is -0.466 e. The molecule has 0 spiro atoms. The number of hydrogen-bond donors (Lipinski definition) is 3. The van der Waals surface area contributed by atoms with Crippen LogP contribution in [0.15, 0.2) is 90.5 Å². The van der Waals surface area contributed by atoms with Crippen LogP contribution in [-0.2, 0) is 9.47 Å². The third kappa shape index (κ3) is 9.25. The van der Waals surface area contributed by atoms with Gasteiger partial charge in [-0.25, -0.2) is 9.59 Å². The van der Waals surface area contributed by atoms with E-state index in [-0.39, 0.29) is 34.7 Å². The molecule has 0 saturated heterocycles. The Morgan fingerprint density at radius 1 is 0.691 bits per heavy atom. The highest BCUT2D eigenvalue weighted by Crippen LogP contribution is 2.69. The van der Waals surface area contributed by atoms with Crippen LogP contribution in [0.5, 0.6) is 0 Å². The standard InChI is InChI=1S/C43H54N6O4Si2/c1-28-35(36-23-24-43(28,4)42(36,2)3)25-29-11-17-32(18-12-29)44-39-47-40(45-33-19-13-30(14-20-33)37(50)52-26-54(5,6)7)49-41(48-39)46-34-21-15-31(16-22-34)38(51)53-27-55(8,9)10/h11-22,25,36H,1,23-24,26-27H2,2-10H3,(H3,44,45,46,47,48,49). The van der Waals surface area contributed by atoms with Gasteiger partial charge in [0.1, 0.15) is 0 Å². The van der Waals surface area contributed by atoms with Crippen molar-refractivity contribution in [3.63, 3.8) is 0 Å². The molecule has 1 heterocycles. The molecule has 3 aromatic carbocycles. The first kappa shape index (κ1) is 39.6. The van der Waals surface area contributed by atoms with Gasteiger partial charge in [-0.2, -0.15) is 15.0 Å². The molecule has 0 radical (unpaired) electrons. The molecule has 6 rings (SSSR count). The molecule has 12 heteroatoms. The minimum absolute atomic E-state index is 0.142. The van der Waals surface area contributed by atoms with Crippen LogP contribution < -0.4 is 16.0 Å². The summed E-state index contributed by atoms with van der Waals surface area (Å²) in [5, 5.41) is 9.82. The predicted molar refractivity (Wildman–Crippen MR) is 228 cm³/mol. The molecule has 55 heavy (non-hydrogen) atoms. The quantitative estimate of drug-likeness (QED) is 0.0892. The molecule has 2 aliphatic carbocycles. The molecule has 1 aromatic heterocycles. The number of nitrogens with zero attached hydrogens (tertiary/aromatic N) is 3. The number of anilines is 6. The van der Waals surface area contributed by atoms with Crippen LogP contribution in [-0.4, -0.2) is 55.5 Å². The summed E-state index contributed by atoms with van der Waals surface area (Å²) in [6, 6.07) is 22.2. The molecular formula is C43H54N6O4Si2. The van der Waals surface area contributed by atoms with Gasteiger partial charge < -0.3 is 25.4 Å². The largest absolute Gasteiger partial charge is 0.466 e. The van der Waals surface area contributed by atoms with Gasteiger partial charge in [0.2, 0.25) is 17.8 Å². The summed E-state index contributed by atoms with van der Waals surface area (Å²) in [6.07, 6.45) is 5.61. The van der Waals surface area contributed by atoms with Crippen LogP contribution >= 0.6 is 0 Å². The van der Waals surface area contributed by atoms with Crippen LogP contribution in [0.25, 0.3) is 6.08 Å². The Kier molecular flexibility index (Phi) is 11.0. The van der Waals surface area contributed by atoms with Gasteiger partial charge in [-0.3, -0.25) is 0 Å². The van der Waals surface area contributed by atoms with Gasteiger partial charge in [0.25, 0.3) is 0 Å². The Morgan fingerprint density at radius 2 is 1.07 bits per heavy atom. The predicted octanol–water partition coefficient (Wildman–Crippen LogP) is 10.6. The van der Waals surface area contributed by atoms with Crippen LogP contribution in [0.3, 0.4) is 0 Å². The average molecular weight is 775 g/mol. The Hall–Kier alpha value is -5.08. The molecule has 2 unspecified atom stereocenters. The summed E-state index contributed by atoms with van der Waals surface area (Å²) in [4.78, 5) is 39.2. The lowest BCUT2D eigenvalue weighted by Gasteiger charge is -2.34. The third-order valence-electron chi connectivity index (χ3n) is 10.8. The maximum Gasteiger partial charge on any atom is 0.337 e. The number of carbonyl (C=O) groups excluding carboxylic acids is 2. The van der Waals surface area contributed by atoms with Gasteiger partial charge in [0.15, 0.2) is 0 Å². The molecular weight excluding hydrogens is 721 g/mol. The van der Waals surface area contributed by atoms with Gasteiger partial charge in [-0.05, 0) is 107 Å². The second-order valence-corrected chi connectivity index (χ2v) is 28.8. The van der Waals surface area contributed by atoms with Gasteiger partial charge in [-0.1, -0.05) is 84.8 Å². The van der Waals surface area contributed by atoms with E-state index < -0.39 is 16.1 Å². The summed E-state index contributed by atoms with van der Waals surface area (Å²) < 4.78 is 11.1. The number of esters is 2. The van der Waals surface area contributed by atoms with E-state index in [0.717, 1.165) is 11.3 Å². The minimum atomic E-state index is -1.54. The molecule has 2 atom stereocenters. The molecule has 0 amide bonds. The summed E-state index contributed by atoms with van der Waals surface area (Å²) >= 11 is 0. The van der Waals surface area contributed by atoms with Crippen LogP contribution in [0.2, 0.25) is 39.3 Å². The molecule has 2 fully saturated rings. The first-order chi connectivity index (χ1) is 25.8. The fraction of sp³-hybridized carbons (Fsp3) is 0.372. The van der Waals surface area contributed by atoms with Crippen LogP contribution in [0, 0.1) is 16.7 Å². The second kappa shape index (κ2) is 15.2. The molecule has 2 aliphatic rings. The van der Waals surface area contributed by atoms with Crippen LogP contribution in [0.4, 0.5) is 34.9 Å². The van der Waals surface area contributed by atoms with Crippen molar-refractivity contribution in [2.24, 2.45) is 16.7 Å². The molecule has 2 bridgehead atoms. The van der Waals surface area contributed by atoms with Crippen LogP contribution in [0.1, 0.15) is 59.9 Å². The molecule has 10 nitrogen and oxygen atoms in total. The van der Waals surface area contributed by atoms with E-state index >= 15 is 0 Å². The zero-order chi connectivity index (χ0) is 39.8. The van der Waals surface area contributed by atoms with Crippen molar-refractivity contribution >= 4 is 69.1 Å². The lowest BCUT2D eigenvalue weighted by atomic mass is 9.69. The molecule has 288 valence electrons. The smallest absolute Gasteiger partial charge is 0.337 e. The first-order valence-corrected chi connectivity index (χ1v) is 26.3. The fourth-order valence-electron chi connectivity index (χ4n) is 7.18. The summed E-state index contributed by atoms with van der Waals surface area (Å²) in [7, 11) is -3.08. The van der Waals surface area contributed by atoms with Crippen molar-refractivity contribution in [2.45, 2.75) is 72.9 Å². The Morgan fingerprint density at radius 3 is 1.42 bits per heavy atom. The van der Waals surface area contributed by atoms with Crippen molar-refractivity contribution in [1.29, 1.82) is 0 Å². The summed E-state index contributed by atoms with van der Waals surface area (Å²) in [5.74, 6) is 0.720. The van der Waals surface area contributed by atoms with Crippen molar-refractivity contribution in [2.75, 3.05) is 28.4 Å². The van der Waals surface area contributed by atoms with Gasteiger partial charge in [0, 0.05) is 17.1 Å². The van der Waals surface area contributed by atoms with Gasteiger partial charge in [-0.15, -0.1) is 0 Å². The molecule has 0 aliphatic heterocycles. The van der Waals surface area contributed by atoms with E-state index in [0.29, 0.717) is 46.8 Å². The molecule has 2 saturated carbocycles. The van der Waals surface area contributed by atoms with Crippen molar-refractivity contribution < 1.29 is 19.1 Å². The normalized spacial score (nSPS) is 19.6. The zero-order valence-corrected chi connectivity index (χ0v) is 35.6. The van der Waals surface area contributed by atoms with Crippen molar-refractivity contribution in [1.82, 2.24) is 15.0 Å². The maximum absolute atomic E-state index is 12.6. The monoisotopic (exact) mass is 774 g/mol. The highest BCUT2D eigenvalue weighted by atomic mass is 28.3. The second-order valence-electron chi connectivity index (χ2n) is 18.0. The number of fused-ring (bicyclic) bond motifs is 2. The van der Waals surface area contributed by atoms with Gasteiger partial charge in [0.05, 0.1) is 39.7 Å². The number of rotatable bonds is 13. The lowest BCUT2D eigenvalue weighted by molar-refractivity contribution is 0.0556. The Balaban J connectivity index is 1.21. The number of hydrogen-bond acceptors (Lipinski definition) is 10. The Labute approximate surface area is 327 Å². The van der Waals surface area contributed by atoms with E-state index in [1.807, 2.05) is 12.1 Å². The third-order valence-corrected chi connectivity index (χ3v) is 12.8. The Bertz CT molecular complexity index is 2010. The van der Waals surface area contributed by atoms with E-state index in [1.54, 1.807) is 48.5 Å². The van der Waals surface area contributed by atoms with E-state index in [9.17, 15) is 9.59 Å². The van der Waals surface area contributed by atoms with E-state index in [2.05, 4.69) is 116 Å². The maximum atomic E-state index is 12.6. The number of aromatic nitrogens is 3. The van der Waals surface area contributed by atoms with E-state index in [1.165, 1.54) is 24.0 Å². The fourth-order valence-corrected chi connectivity index (χ4v) is 8.31. The number of ether oxygens (including phenoxy) is 2. The van der Waals surface area contributed by atoms with Crippen molar-refractivity contribution in [3.05, 3.63) is 107 Å². The lowest BCUT2D eigenvalue weighted by Crippen LogP contribution is -2.29. The summed E-state index contributed by atoms with van der Waals surface area (Å²) in [5.41, 5.74) is 7.23. The van der Waals surface area contributed by atoms with Crippen molar-refractivity contribution in [3.8, 4) is 0 Å². The molecule has 4 aromatic rings. The molecule has 3 N–H and O–H groups in total. The number of allylic oxidation sites excluding steroid dienone is 2. The topological polar surface area (TPSA) is 127 Å². The number of carbonyl (C=O) groups is 2. The average Bonchev–Trinajstić information content (AvgIpc) is 3.43. The SMILES string of the molecule is C=C1C(=Cc2ccc(Nc3nc(Nc4ccc(C(=O)OC[Si](C)(C)C)cc4)nc(Nc4ccc(C(=O)OC[Si](C)(C)C)cc4)n3)cc2)C2CCC1(C)C2(C)C. The van der Waals surface area contributed by atoms with E-state index in [4.69, 9.17) is 9.47 Å². The zero-order valence-electron chi connectivity index (χ0n) is 33.6. The number of benzene rings is 3. The first-order valence-electron chi connectivity index (χ1n) is 18.9. The highest BCUT2D eigenvalue weighted by molar-refractivity contribution is 6.76.